The summed E-state index contributed by atoms with van der Waals surface area (Å²) >= 11 is 1.66. The van der Waals surface area contributed by atoms with Crippen LogP contribution in [-0.4, -0.2) is 4.98 Å². The Labute approximate surface area is 99.1 Å². The van der Waals surface area contributed by atoms with E-state index in [0.717, 1.165) is 18.0 Å². The molecule has 0 aliphatic heterocycles. The van der Waals surface area contributed by atoms with Gasteiger partial charge in [-0.25, -0.2) is 4.98 Å². The van der Waals surface area contributed by atoms with Gasteiger partial charge in [0.15, 0.2) is 5.13 Å². The molecule has 16 heavy (non-hydrogen) atoms. The second kappa shape index (κ2) is 3.91. The summed E-state index contributed by atoms with van der Waals surface area (Å²) in [4.78, 5) is 5.76. The number of aromatic nitrogens is 1. The van der Waals surface area contributed by atoms with E-state index in [1.807, 2.05) is 0 Å². The summed E-state index contributed by atoms with van der Waals surface area (Å²) < 4.78 is 0. The standard InChI is InChI=1S/C13H14N2S/c14-13-15-11-7-6-10(8-12(11)16-13)9-4-2-1-3-5-9/h1-5,10H,6-8H2,(H2,14,15)/t10-/m1/s1. The van der Waals surface area contributed by atoms with E-state index in [1.165, 1.54) is 22.6 Å². The lowest BCUT2D eigenvalue weighted by atomic mass is 9.85. The van der Waals surface area contributed by atoms with Crippen molar-refractivity contribution in [1.29, 1.82) is 0 Å². The number of benzene rings is 1. The highest BCUT2D eigenvalue weighted by Crippen LogP contribution is 2.35. The number of anilines is 1. The van der Waals surface area contributed by atoms with Crippen molar-refractivity contribution < 1.29 is 0 Å². The number of thiazole rings is 1. The number of hydrogen-bond donors (Lipinski definition) is 1. The molecule has 0 unspecified atom stereocenters. The average molecular weight is 230 g/mol. The molecule has 0 fully saturated rings. The fraction of sp³-hybridized carbons (Fsp3) is 0.308. The van der Waals surface area contributed by atoms with Crippen LogP contribution in [0.25, 0.3) is 0 Å². The first kappa shape index (κ1) is 9.85. The predicted molar refractivity (Wildman–Crippen MR) is 67.7 cm³/mol. The Morgan fingerprint density at radius 1 is 1.25 bits per heavy atom. The van der Waals surface area contributed by atoms with Crippen molar-refractivity contribution in [2.45, 2.75) is 25.2 Å². The number of nitrogen functional groups attached to an aromatic ring is 1. The van der Waals surface area contributed by atoms with Crippen molar-refractivity contribution in [3.8, 4) is 0 Å². The summed E-state index contributed by atoms with van der Waals surface area (Å²) in [6.45, 7) is 0. The molecule has 1 aromatic carbocycles. The SMILES string of the molecule is Nc1nc2c(s1)C[C@H](c1ccccc1)CC2. The average Bonchev–Trinajstić information content (AvgIpc) is 2.69. The van der Waals surface area contributed by atoms with E-state index >= 15 is 0 Å². The van der Waals surface area contributed by atoms with E-state index in [4.69, 9.17) is 5.73 Å². The molecule has 0 radical (unpaired) electrons. The predicted octanol–water partition coefficient (Wildman–Crippen LogP) is 3.00. The highest BCUT2D eigenvalue weighted by atomic mass is 32.1. The lowest BCUT2D eigenvalue weighted by Crippen LogP contribution is -2.11. The van der Waals surface area contributed by atoms with Crippen LogP contribution in [0, 0.1) is 0 Å². The molecule has 1 heterocycles. The maximum Gasteiger partial charge on any atom is 0.180 e. The van der Waals surface area contributed by atoms with Gasteiger partial charge < -0.3 is 5.73 Å². The number of nitrogens with two attached hydrogens (primary N) is 1. The van der Waals surface area contributed by atoms with E-state index in [9.17, 15) is 0 Å². The summed E-state index contributed by atoms with van der Waals surface area (Å²) in [5, 5.41) is 0.721. The molecule has 0 amide bonds. The van der Waals surface area contributed by atoms with E-state index in [-0.39, 0.29) is 0 Å². The normalized spacial score (nSPS) is 19.4. The zero-order valence-electron chi connectivity index (χ0n) is 9.02. The van der Waals surface area contributed by atoms with Crippen LogP contribution in [0.2, 0.25) is 0 Å². The number of nitrogens with zero attached hydrogens (tertiary/aromatic N) is 1. The fourth-order valence-corrected chi connectivity index (χ4v) is 3.36. The summed E-state index contributed by atoms with van der Waals surface area (Å²) in [5.41, 5.74) is 8.43. The maximum absolute atomic E-state index is 5.75. The molecule has 0 saturated carbocycles. The van der Waals surface area contributed by atoms with Gasteiger partial charge in [0.05, 0.1) is 5.69 Å². The zero-order valence-corrected chi connectivity index (χ0v) is 9.83. The Bertz CT molecular complexity index is 490. The lowest BCUT2D eigenvalue weighted by molar-refractivity contribution is 0.585. The Balaban J connectivity index is 1.88. The molecule has 0 spiro atoms. The van der Waals surface area contributed by atoms with Crippen molar-refractivity contribution in [2.75, 3.05) is 5.73 Å². The minimum Gasteiger partial charge on any atom is -0.375 e. The first-order valence-electron chi connectivity index (χ1n) is 5.62. The number of rotatable bonds is 1. The Morgan fingerprint density at radius 2 is 2.06 bits per heavy atom. The van der Waals surface area contributed by atoms with Gasteiger partial charge in [0.25, 0.3) is 0 Å². The van der Waals surface area contributed by atoms with E-state index in [1.54, 1.807) is 11.3 Å². The smallest absolute Gasteiger partial charge is 0.180 e. The van der Waals surface area contributed by atoms with Crippen LogP contribution >= 0.6 is 11.3 Å². The summed E-state index contributed by atoms with van der Waals surface area (Å²) in [6.07, 6.45) is 3.37. The van der Waals surface area contributed by atoms with Crippen LogP contribution in [0.4, 0.5) is 5.13 Å². The molecule has 1 aliphatic rings. The van der Waals surface area contributed by atoms with Gasteiger partial charge in [0, 0.05) is 4.88 Å². The van der Waals surface area contributed by atoms with Crippen molar-refractivity contribution in [3.63, 3.8) is 0 Å². The van der Waals surface area contributed by atoms with Gasteiger partial charge in [-0.2, -0.15) is 0 Å². The molecule has 0 saturated heterocycles. The third-order valence-electron chi connectivity index (χ3n) is 3.23. The van der Waals surface area contributed by atoms with Gasteiger partial charge in [-0.1, -0.05) is 30.3 Å². The number of fused-ring (bicyclic) bond motifs is 1. The zero-order chi connectivity index (χ0) is 11.0. The second-order valence-corrected chi connectivity index (χ2v) is 5.39. The first-order chi connectivity index (χ1) is 7.83. The molecule has 1 atom stereocenters. The largest absolute Gasteiger partial charge is 0.375 e. The highest BCUT2D eigenvalue weighted by molar-refractivity contribution is 7.15. The topological polar surface area (TPSA) is 38.9 Å². The number of hydrogen-bond acceptors (Lipinski definition) is 3. The van der Waals surface area contributed by atoms with Crippen LogP contribution < -0.4 is 5.73 Å². The fourth-order valence-electron chi connectivity index (χ4n) is 2.40. The molecule has 1 aromatic heterocycles. The number of aryl methyl sites for hydroxylation is 1. The molecule has 2 aromatic rings. The van der Waals surface area contributed by atoms with Crippen LogP contribution in [0.5, 0.6) is 0 Å². The van der Waals surface area contributed by atoms with Crippen LogP contribution in [0.15, 0.2) is 30.3 Å². The molecule has 0 bridgehead atoms. The van der Waals surface area contributed by atoms with Gasteiger partial charge in [-0.05, 0) is 30.7 Å². The highest BCUT2D eigenvalue weighted by Gasteiger charge is 2.22. The molecule has 2 nitrogen and oxygen atoms in total. The van der Waals surface area contributed by atoms with Gasteiger partial charge in [0.2, 0.25) is 0 Å². The molecular formula is C13H14N2S. The van der Waals surface area contributed by atoms with E-state index in [0.29, 0.717) is 5.92 Å². The van der Waals surface area contributed by atoms with Gasteiger partial charge in [0.1, 0.15) is 0 Å². The van der Waals surface area contributed by atoms with Crippen molar-refractivity contribution >= 4 is 16.5 Å². The minimum absolute atomic E-state index is 0.647. The van der Waals surface area contributed by atoms with Crippen molar-refractivity contribution in [1.82, 2.24) is 4.98 Å². The summed E-state index contributed by atoms with van der Waals surface area (Å²) in [6, 6.07) is 10.8. The Kier molecular flexibility index (Phi) is 2.40. The quantitative estimate of drug-likeness (QED) is 0.818. The van der Waals surface area contributed by atoms with Gasteiger partial charge >= 0.3 is 0 Å². The first-order valence-corrected chi connectivity index (χ1v) is 6.43. The monoisotopic (exact) mass is 230 g/mol. The van der Waals surface area contributed by atoms with Crippen LogP contribution in [0.1, 0.15) is 28.5 Å². The molecule has 3 rings (SSSR count). The minimum atomic E-state index is 0.647. The summed E-state index contributed by atoms with van der Waals surface area (Å²) in [5.74, 6) is 0.647. The molecular weight excluding hydrogens is 216 g/mol. The second-order valence-electron chi connectivity index (χ2n) is 4.27. The molecule has 3 heteroatoms. The van der Waals surface area contributed by atoms with Crippen LogP contribution in [0.3, 0.4) is 0 Å². The third kappa shape index (κ3) is 1.71. The van der Waals surface area contributed by atoms with E-state index in [2.05, 4.69) is 35.3 Å². The van der Waals surface area contributed by atoms with Crippen molar-refractivity contribution in [2.24, 2.45) is 0 Å². The van der Waals surface area contributed by atoms with Crippen molar-refractivity contribution in [3.05, 3.63) is 46.5 Å². The molecule has 2 N–H and O–H groups in total. The van der Waals surface area contributed by atoms with Gasteiger partial charge in [-0.15, -0.1) is 11.3 Å². The maximum atomic E-state index is 5.75. The lowest BCUT2D eigenvalue weighted by Gasteiger charge is -2.21. The summed E-state index contributed by atoms with van der Waals surface area (Å²) in [7, 11) is 0. The Hall–Kier alpha value is -1.35. The van der Waals surface area contributed by atoms with Gasteiger partial charge in [-0.3, -0.25) is 0 Å². The Morgan fingerprint density at radius 3 is 2.88 bits per heavy atom. The molecule has 82 valence electrons. The van der Waals surface area contributed by atoms with E-state index < -0.39 is 0 Å². The van der Waals surface area contributed by atoms with Crippen LogP contribution in [-0.2, 0) is 12.8 Å². The molecule has 1 aliphatic carbocycles. The third-order valence-corrected chi connectivity index (χ3v) is 4.18.